The van der Waals surface area contributed by atoms with Gasteiger partial charge in [-0.25, -0.2) is 13.2 Å². The number of hydrogen-bond acceptors (Lipinski definition) is 1. The average Bonchev–Trinajstić information content (AvgIpc) is 3.06. The Morgan fingerprint density at radius 3 is 2.59 bits per heavy atom. The van der Waals surface area contributed by atoms with Gasteiger partial charge in [0.25, 0.3) is 0 Å². The number of H-pyrrole nitrogens is 1. The van der Waals surface area contributed by atoms with Crippen LogP contribution in [0.25, 0.3) is 11.3 Å². The molecule has 1 aromatic carbocycles. The Morgan fingerprint density at radius 2 is 1.88 bits per heavy atom. The smallest absolute Gasteiger partial charge is 0.195 e. The van der Waals surface area contributed by atoms with E-state index in [0.717, 1.165) is 24.6 Å². The molecule has 1 heterocycles. The second-order valence-electron chi connectivity index (χ2n) is 4.21. The van der Waals surface area contributed by atoms with E-state index in [1.165, 1.54) is 6.07 Å². The summed E-state index contributed by atoms with van der Waals surface area (Å²) in [5.41, 5.74) is 1.21. The highest BCUT2D eigenvalue weighted by Gasteiger charge is 2.26. The highest BCUT2D eigenvalue weighted by atomic mass is 19.2. The van der Waals surface area contributed by atoms with Gasteiger partial charge in [0.15, 0.2) is 17.5 Å². The second-order valence-corrected chi connectivity index (χ2v) is 4.21. The maximum Gasteiger partial charge on any atom is 0.195 e. The lowest BCUT2D eigenvalue weighted by Gasteiger charge is -2.00. The third-order valence-electron chi connectivity index (χ3n) is 2.93. The van der Waals surface area contributed by atoms with Crippen molar-refractivity contribution in [3.05, 3.63) is 41.3 Å². The molecule has 0 spiro atoms. The topological polar surface area (TPSA) is 28.7 Å². The molecule has 0 aliphatic heterocycles. The van der Waals surface area contributed by atoms with Crippen LogP contribution in [-0.2, 0) is 0 Å². The van der Waals surface area contributed by atoms with Crippen LogP contribution in [0.15, 0.2) is 18.2 Å². The van der Waals surface area contributed by atoms with E-state index in [9.17, 15) is 13.2 Å². The molecule has 3 rings (SSSR count). The quantitative estimate of drug-likeness (QED) is 0.798. The lowest BCUT2D eigenvalue weighted by Crippen LogP contribution is -1.93. The lowest BCUT2D eigenvalue weighted by molar-refractivity contribution is 0.449. The zero-order valence-electron chi connectivity index (χ0n) is 8.80. The Bertz CT molecular complexity index is 573. The summed E-state index contributed by atoms with van der Waals surface area (Å²) in [6.45, 7) is 0. The Morgan fingerprint density at radius 1 is 1.12 bits per heavy atom. The number of aromatic amines is 1. The van der Waals surface area contributed by atoms with Gasteiger partial charge in [0, 0.05) is 17.2 Å². The zero-order chi connectivity index (χ0) is 12.0. The van der Waals surface area contributed by atoms with E-state index < -0.39 is 17.5 Å². The first-order chi connectivity index (χ1) is 8.16. The van der Waals surface area contributed by atoms with Crippen molar-refractivity contribution in [3.63, 3.8) is 0 Å². The standard InChI is InChI=1S/C12H9F3N2/c13-8-4-3-7(11(14)12(8)15)10-5-9(16-17-10)6-1-2-6/h3-6H,1-2H2,(H,16,17). The molecule has 2 aromatic rings. The van der Waals surface area contributed by atoms with Crippen LogP contribution >= 0.6 is 0 Å². The van der Waals surface area contributed by atoms with Crippen molar-refractivity contribution in [1.82, 2.24) is 10.2 Å². The van der Waals surface area contributed by atoms with Crippen LogP contribution in [-0.4, -0.2) is 10.2 Å². The van der Waals surface area contributed by atoms with Gasteiger partial charge in [-0.05, 0) is 31.0 Å². The summed E-state index contributed by atoms with van der Waals surface area (Å²) in [6, 6.07) is 3.78. The van der Waals surface area contributed by atoms with Gasteiger partial charge in [-0.1, -0.05) is 0 Å². The Labute approximate surface area is 95.5 Å². The van der Waals surface area contributed by atoms with E-state index in [0.29, 0.717) is 11.6 Å². The molecule has 0 radical (unpaired) electrons. The molecule has 2 nitrogen and oxygen atoms in total. The lowest BCUT2D eigenvalue weighted by atomic mass is 10.1. The van der Waals surface area contributed by atoms with Crippen LogP contribution in [0.1, 0.15) is 24.5 Å². The van der Waals surface area contributed by atoms with Crippen molar-refractivity contribution in [2.45, 2.75) is 18.8 Å². The summed E-state index contributed by atoms with van der Waals surface area (Å²) < 4.78 is 39.3. The van der Waals surface area contributed by atoms with Gasteiger partial charge in [0.05, 0.1) is 5.69 Å². The van der Waals surface area contributed by atoms with Gasteiger partial charge in [-0.15, -0.1) is 0 Å². The van der Waals surface area contributed by atoms with E-state index in [-0.39, 0.29) is 5.56 Å². The third kappa shape index (κ3) is 1.71. The molecule has 17 heavy (non-hydrogen) atoms. The van der Waals surface area contributed by atoms with Gasteiger partial charge in [-0.2, -0.15) is 5.10 Å². The fourth-order valence-electron chi connectivity index (χ4n) is 1.80. The average molecular weight is 238 g/mol. The largest absolute Gasteiger partial charge is 0.282 e. The number of aromatic nitrogens is 2. The Hall–Kier alpha value is -1.78. The fraction of sp³-hybridized carbons (Fsp3) is 0.250. The van der Waals surface area contributed by atoms with E-state index in [4.69, 9.17) is 0 Å². The molecule has 0 saturated heterocycles. The summed E-state index contributed by atoms with van der Waals surface area (Å²) in [5.74, 6) is -3.40. The number of nitrogens with zero attached hydrogens (tertiary/aromatic N) is 1. The summed E-state index contributed by atoms with van der Waals surface area (Å²) >= 11 is 0. The first kappa shape index (κ1) is 10.4. The molecule has 5 heteroatoms. The van der Waals surface area contributed by atoms with E-state index >= 15 is 0 Å². The van der Waals surface area contributed by atoms with Crippen LogP contribution in [0.5, 0.6) is 0 Å². The normalized spacial score (nSPS) is 15.2. The predicted octanol–water partition coefficient (Wildman–Crippen LogP) is 3.37. The number of benzene rings is 1. The molecule has 0 unspecified atom stereocenters. The van der Waals surface area contributed by atoms with E-state index in [1.807, 2.05) is 0 Å². The van der Waals surface area contributed by atoms with Crippen molar-refractivity contribution in [3.8, 4) is 11.3 Å². The molecule has 1 aromatic heterocycles. The van der Waals surface area contributed by atoms with Gasteiger partial charge < -0.3 is 0 Å². The minimum absolute atomic E-state index is 0.0212. The first-order valence-electron chi connectivity index (χ1n) is 5.36. The fourth-order valence-corrected chi connectivity index (χ4v) is 1.80. The van der Waals surface area contributed by atoms with Crippen LogP contribution in [0.3, 0.4) is 0 Å². The van der Waals surface area contributed by atoms with Crippen molar-refractivity contribution in [1.29, 1.82) is 0 Å². The second kappa shape index (κ2) is 3.61. The minimum Gasteiger partial charge on any atom is -0.282 e. The molecular formula is C12H9F3N2. The van der Waals surface area contributed by atoms with E-state index in [1.54, 1.807) is 6.07 Å². The monoisotopic (exact) mass is 238 g/mol. The summed E-state index contributed by atoms with van der Waals surface area (Å²) in [6.07, 6.45) is 2.17. The Balaban J connectivity index is 2.05. The van der Waals surface area contributed by atoms with Crippen molar-refractivity contribution in [2.75, 3.05) is 0 Å². The first-order valence-corrected chi connectivity index (χ1v) is 5.36. The van der Waals surface area contributed by atoms with Crippen LogP contribution in [0, 0.1) is 17.5 Å². The predicted molar refractivity (Wildman–Crippen MR) is 55.9 cm³/mol. The van der Waals surface area contributed by atoms with Crippen molar-refractivity contribution >= 4 is 0 Å². The maximum atomic E-state index is 13.5. The van der Waals surface area contributed by atoms with Crippen molar-refractivity contribution < 1.29 is 13.2 Å². The molecule has 1 N–H and O–H groups in total. The number of hydrogen-bond donors (Lipinski definition) is 1. The summed E-state index contributed by atoms with van der Waals surface area (Å²) in [5, 5.41) is 6.72. The SMILES string of the molecule is Fc1ccc(-c2cc(C3CC3)[nH]n2)c(F)c1F. The number of rotatable bonds is 2. The highest BCUT2D eigenvalue weighted by molar-refractivity contribution is 5.60. The molecule has 1 saturated carbocycles. The van der Waals surface area contributed by atoms with Crippen LogP contribution in [0.4, 0.5) is 13.2 Å². The Kier molecular flexibility index (Phi) is 2.21. The molecule has 0 amide bonds. The summed E-state index contributed by atoms with van der Waals surface area (Å²) in [4.78, 5) is 0. The number of nitrogens with one attached hydrogen (secondary N) is 1. The van der Waals surface area contributed by atoms with Crippen LogP contribution in [0.2, 0.25) is 0 Å². The van der Waals surface area contributed by atoms with Gasteiger partial charge in [0.1, 0.15) is 0 Å². The van der Waals surface area contributed by atoms with Crippen LogP contribution < -0.4 is 0 Å². The van der Waals surface area contributed by atoms with Gasteiger partial charge in [-0.3, -0.25) is 5.10 Å². The van der Waals surface area contributed by atoms with Gasteiger partial charge in [0.2, 0.25) is 0 Å². The number of halogens is 3. The van der Waals surface area contributed by atoms with Gasteiger partial charge >= 0.3 is 0 Å². The molecular weight excluding hydrogens is 229 g/mol. The third-order valence-corrected chi connectivity index (χ3v) is 2.93. The van der Waals surface area contributed by atoms with E-state index in [2.05, 4.69) is 10.2 Å². The maximum absolute atomic E-state index is 13.5. The molecule has 0 bridgehead atoms. The molecule has 88 valence electrons. The zero-order valence-corrected chi connectivity index (χ0v) is 8.80. The molecule has 1 fully saturated rings. The molecule has 1 aliphatic carbocycles. The summed E-state index contributed by atoms with van der Waals surface area (Å²) in [7, 11) is 0. The highest BCUT2D eigenvalue weighted by Crippen LogP contribution is 2.40. The minimum atomic E-state index is -1.46. The van der Waals surface area contributed by atoms with Crippen molar-refractivity contribution in [2.24, 2.45) is 0 Å². The molecule has 0 atom stereocenters. The molecule has 1 aliphatic rings.